The van der Waals surface area contributed by atoms with Crippen molar-refractivity contribution in [3.8, 4) is 0 Å². The molecule has 4 nitrogen and oxygen atoms in total. The molecule has 1 rings (SSSR count). The van der Waals surface area contributed by atoms with Gasteiger partial charge >= 0.3 is 5.97 Å². The van der Waals surface area contributed by atoms with Crippen molar-refractivity contribution in [2.75, 3.05) is 7.11 Å². The van der Waals surface area contributed by atoms with Gasteiger partial charge in [0.05, 0.1) is 18.7 Å². The summed E-state index contributed by atoms with van der Waals surface area (Å²) in [6, 6.07) is 3.50. The van der Waals surface area contributed by atoms with Gasteiger partial charge in [-0.25, -0.2) is 0 Å². The van der Waals surface area contributed by atoms with E-state index >= 15 is 0 Å². The Bertz CT molecular complexity index is 380. The Hall–Kier alpha value is -0.940. The van der Waals surface area contributed by atoms with Crippen LogP contribution >= 0.6 is 15.9 Å². The van der Waals surface area contributed by atoms with Crippen LogP contribution in [0.3, 0.4) is 0 Å². The highest BCUT2D eigenvalue weighted by atomic mass is 79.9. The standard InChI is InChI=1S/C13H18BrNO3/c1-3-4-5-10(13(17)18-2)12(16)11-7-6-9(14)8-15-11/h6-8,10,12,16H,3-5H2,1-2H3. The highest BCUT2D eigenvalue weighted by molar-refractivity contribution is 9.10. The first-order chi connectivity index (χ1) is 8.60. The van der Waals surface area contributed by atoms with Crippen LogP contribution < -0.4 is 0 Å². The van der Waals surface area contributed by atoms with Crippen LogP contribution in [-0.2, 0) is 9.53 Å². The molecule has 0 fully saturated rings. The normalized spacial score (nSPS) is 14.0. The van der Waals surface area contributed by atoms with E-state index in [1.807, 2.05) is 6.92 Å². The van der Waals surface area contributed by atoms with Crippen LogP contribution in [0.2, 0.25) is 0 Å². The van der Waals surface area contributed by atoms with Crippen LogP contribution in [0.1, 0.15) is 38.0 Å². The number of aliphatic hydroxyl groups is 1. The fourth-order valence-corrected chi connectivity index (χ4v) is 1.98. The van der Waals surface area contributed by atoms with E-state index in [4.69, 9.17) is 4.74 Å². The maximum atomic E-state index is 11.7. The Morgan fingerprint density at radius 1 is 1.56 bits per heavy atom. The van der Waals surface area contributed by atoms with Crippen LogP contribution in [0.4, 0.5) is 0 Å². The van der Waals surface area contributed by atoms with Crippen molar-refractivity contribution in [2.45, 2.75) is 32.3 Å². The maximum Gasteiger partial charge on any atom is 0.311 e. The number of carbonyl (C=O) groups is 1. The molecule has 0 saturated heterocycles. The average Bonchev–Trinajstić information content (AvgIpc) is 2.39. The summed E-state index contributed by atoms with van der Waals surface area (Å²) in [5, 5.41) is 10.2. The SMILES string of the molecule is CCCCC(C(=O)OC)C(O)c1ccc(Br)cn1. The lowest BCUT2D eigenvalue weighted by atomic mass is 9.93. The average molecular weight is 316 g/mol. The lowest BCUT2D eigenvalue weighted by Gasteiger charge is -2.20. The molecule has 2 unspecified atom stereocenters. The number of unbranched alkanes of at least 4 members (excludes halogenated alkanes) is 1. The number of hydrogen-bond acceptors (Lipinski definition) is 4. The number of aliphatic hydroxyl groups excluding tert-OH is 1. The Morgan fingerprint density at radius 3 is 2.78 bits per heavy atom. The zero-order valence-corrected chi connectivity index (χ0v) is 12.2. The van der Waals surface area contributed by atoms with Gasteiger partial charge in [0.15, 0.2) is 0 Å². The lowest BCUT2D eigenvalue weighted by molar-refractivity contribution is -0.150. The van der Waals surface area contributed by atoms with Crippen LogP contribution in [0.5, 0.6) is 0 Å². The molecule has 0 spiro atoms. The van der Waals surface area contributed by atoms with E-state index in [0.29, 0.717) is 12.1 Å². The van der Waals surface area contributed by atoms with Crippen molar-refractivity contribution < 1.29 is 14.6 Å². The number of ether oxygens (including phenoxy) is 1. The summed E-state index contributed by atoms with van der Waals surface area (Å²) in [7, 11) is 1.34. The second-order valence-electron chi connectivity index (χ2n) is 4.12. The van der Waals surface area contributed by atoms with Gasteiger partial charge in [-0.05, 0) is 34.5 Å². The summed E-state index contributed by atoms with van der Waals surface area (Å²) in [4.78, 5) is 15.8. The molecule has 1 heterocycles. The first-order valence-electron chi connectivity index (χ1n) is 5.97. The minimum atomic E-state index is -0.919. The minimum Gasteiger partial charge on any atom is -0.469 e. The highest BCUT2D eigenvalue weighted by Crippen LogP contribution is 2.26. The quantitative estimate of drug-likeness (QED) is 0.820. The second-order valence-corrected chi connectivity index (χ2v) is 5.03. The van der Waals surface area contributed by atoms with E-state index in [0.717, 1.165) is 17.3 Å². The monoisotopic (exact) mass is 315 g/mol. The topological polar surface area (TPSA) is 59.4 Å². The minimum absolute atomic E-state index is 0.388. The van der Waals surface area contributed by atoms with Crippen molar-refractivity contribution in [3.05, 3.63) is 28.5 Å². The van der Waals surface area contributed by atoms with Gasteiger partial charge in [-0.2, -0.15) is 0 Å². The molecule has 1 N–H and O–H groups in total. The predicted octanol–water partition coefficient (Wildman–Crippen LogP) is 2.86. The molecule has 0 bridgehead atoms. The largest absolute Gasteiger partial charge is 0.469 e. The molecule has 1 aromatic rings. The van der Waals surface area contributed by atoms with Gasteiger partial charge in [0.25, 0.3) is 0 Å². The molecule has 0 radical (unpaired) electrons. The zero-order valence-electron chi connectivity index (χ0n) is 10.6. The molecule has 0 aliphatic carbocycles. The fraction of sp³-hybridized carbons (Fsp3) is 0.538. The molecule has 0 aromatic carbocycles. The number of rotatable bonds is 6. The van der Waals surface area contributed by atoms with Crippen molar-refractivity contribution >= 4 is 21.9 Å². The molecule has 18 heavy (non-hydrogen) atoms. The molecule has 100 valence electrons. The van der Waals surface area contributed by atoms with Crippen molar-refractivity contribution in [1.29, 1.82) is 0 Å². The van der Waals surface area contributed by atoms with Crippen LogP contribution in [0, 0.1) is 5.92 Å². The Morgan fingerprint density at radius 2 is 2.28 bits per heavy atom. The predicted molar refractivity (Wildman–Crippen MR) is 71.9 cm³/mol. The summed E-state index contributed by atoms with van der Waals surface area (Å²) in [5.74, 6) is -0.940. The molecule has 0 aliphatic rings. The molecule has 5 heteroatoms. The van der Waals surface area contributed by atoms with Gasteiger partial charge in [0.1, 0.15) is 6.10 Å². The van der Waals surface area contributed by atoms with E-state index in [-0.39, 0.29) is 5.97 Å². The first kappa shape index (κ1) is 15.1. The Labute approximate surface area is 116 Å². The summed E-state index contributed by atoms with van der Waals surface area (Å²) >= 11 is 3.28. The number of hydrogen-bond donors (Lipinski definition) is 1. The van der Waals surface area contributed by atoms with E-state index in [2.05, 4.69) is 20.9 Å². The number of halogens is 1. The Balaban J connectivity index is 2.83. The molecule has 0 amide bonds. The number of pyridine rings is 1. The number of nitrogens with zero attached hydrogens (tertiary/aromatic N) is 1. The molecular weight excluding hydrogens is 298 g/mol. The third kappa shape index (κ3) is 4.07. The lowest BCUT2D eigenvalue weighted by Crippen LogP contribution is -2.24. The highest BCUT2D eigenvalue weighted by Gasteiger charge is 2.29. The van der Waals surface area contributed by atoms with Gasteiger partial charge in [-0.3, -0.25) is 9.78 Å². The summed E-state index contributed by atoms with van der Waals surface area (Å²) in [6.07, 6.45) is 3.12. The molecule has 1 aromatic heterocycles. The number of aromatic nitrogens is 1. The second kappa shape index (κ2) is 7.48. The number of methoxy groups -OCH3 is 1. The molecule has 0 saturated carbocycles. The summed E-state index contributed by atoms with van der Waals surface area (Å²) < 4.78 is 5.57. The third-order valence-corrected chi connectivity index (χ3v) is 3.28. The van der Waals surface area contributed by atoms with Gasteiger partial charge in [-0.15, -0.1) is 0 Å². The van der Waals surface area contributed by atoms with E-state index in [9.17, 15) is 9.90 Å². The molecule has 0 aliphatic heterocycles. The number of esters is 1. The van der Waals surface area contributed by atoms with Crippen molar-refractivity contribution in [3.63, 3.8) is 0 Å². The zero-order chi connectivity index (χ0) is 13.5. The van der Waals surface area contributed by atoms with Gasteiger partial charge < -0.3 is 9.84 Å². The smallest absolute Gasteiger partial charge is 0.311 e. The first-order valence-corrected chi connectivity index (χ1v) is 6.76. The summed E-state index contributed by atoms with van der Waals surface area (Å²) in [6.45, 7) is 2.04. The van der Waals surface area contributed by atoms with E-state index in [1.54, 1.807) is 18.3 Å². The maximum absolute atomic E-state index is 11.7. The van der Waals surface area contributed by atoms with E-state index in [1.165, 1.54) is 7.11 Å². The van der Waals surface area contributed by atoms with Crippen LogP contribution in [0.25, 0.3) is 0 Å². The molecule has 2 atom stereocenters. The van der Waals surface area contributed by atoms with Gasteiger partial charge in [0, 0.05) is 10.7 Å². The van der Waals surface area contributed by atoms with Crippen molar-refractivity contribution in [1.82, 2.24) is 4.98 Å². The number of carbonyl (C=O) groups excluding carboxylic acids is 1. The fourth-order valence-electron chi connectivity index (χ4n) is 1.75. The Kier molecular flexibility index (Phi) is 6.29. The molecular formula is C13H18BrNO3. The third-order valence-electron chi connectivity index (χ3n) is 2.81. The van der Waals surface area contributed by atoms with Gasteiger partial charge in [0.2, 0.25) is 0 Å². The van der Waals surface area contributed by atoms with Crippen LogP contribution in [-0.4, -0.2) is 23.2 Å². The van der Waals surface area contributed by atoms with Crippen LogP contribution in [0.15, 0.2) is 22.8 Å². The summed E-state index contributed by atoms with van der Waals surface area (Å²) in [5.41, 5.74) is 0.490. The van der Waals surface area contributed by atoms with Crippen molar-refractivity contribution in [2.24, 2.45) is 5.92 Å². The van der Waals surface area contributed by atoms with Gasteiger partial charge in [-0.1, -0.05) is 19.8 Å². The van der Waals surface area contributed by atoms with E-state index < -0.39 is 12.0 Å².